The summed E-state index contributed by atoms with van der Waals surface area (Å²) in [5, 5.41) is 20.6. The van der Waals surface area contributed by atoms with E-state index in [0.29, 0.717) is 33.0 Å². The van der Waals surface area contributed by atoms with Crippen LogP contribution >= 0.6 is 23.2 Å². The number of phenolic OH excluding ortho intramolecular Hbond substituents is 1. The Morgan fingerprint density at radius 3 is 2.71 bits per heavy atom. The zero-order valence-electron chi connectivity index (χ0n) is 14.6. The average Bonchev–Trinajstić information content (AvgIpc) is 3.12. The first kappa shape index (κ1) is 18.3. The summed E-state index contributed by atoms with van der Waals surface area (Å²) in [6, 6.07) is 10.9. The maximum absolute atomic E-state index is 13.2. The zero-order valence-corrected chi connectivity index (χ0v) is 16.2. The van der Waals surface area contributed by atoms with Crippen molar-refractivity contribution in [3.05, 3.63) is 75.7 Å². The predicted molar refractivity (Wildman–Crippen MR) is 108 cm³/mol. The fourth-order valence-electron chi connectivity index (χ4n) is 3.13. The molecule has 1 unspecified atom stereocenters. The number of aromatic nitrogens is 3. The van der Waals surface area contributed by atoms with Gasteiger partial charge in [-0.05, 0) is 42.8 Å². The van der Waals surface area contributed by atoms with Crippen LogP contribution in [0.15, 0.2) is 60.1 Å². The lowest BCUT2D eigenvalue weighted by atomic mass is 9.95. The van der Waals surface area contributed by atoms with Crippen LogP contribution in [-0.2, 0) is 4.79 Å². The number of hydrogen-bond donors (Lipinski definition) is 3. The molecule has 0 saturated carbocycles. The Morgan fingerprint density at radius 2 is 1.96 bits per heavy atom. The molecule has 142 valence electrons. The summed E-state index contributed by atoms with van der Waals surface area (Å²) in [4.78, 5) is 17.4. The normalized spacial score (nSPS) is 15.8. The second kappa shape index (κ2) is 7.18. The number of carbonyl (C=O) groups excluding carboxylic acids is 1. The summed E-state index contributed by atoms with van der Waals surface area (Å²) in [6.45, 7) is 1.79. The van der Waals surface area contributed by atoms with Crippen LogP contribution in [0.4, 0.5) is 11.6 Å². The summed E-state index contributed by atoms with van der Waals surface area (Å²) < 4.78 is 1.62. The van der Waals surface area contributed by atoms with Crippen molar-refractivity contribution in [3.8, 4) is 5.75 Å². The molecule has 0 spiro atoms. The van der Waals surface area contributed by atoms with Crippen LogP contribution < -0.4 is 10.6 Å². The predicted octanol–water partition coefficient (Wildman–Crippen LogP) is 4.22. The standard InChI is InChI=1S/C19H15Cl2N5O2/c1-10-16(18(28)25-15-8-12(20)4-7-14(15)21)17(11-2-5-13(27)6-3-11)26-19(24-10)22-9-23-26/h2-9,17,27H,1H3,(H,25,28)(H,22,23,24). The second-order valence-electron chi connectivity index (χ2n) is 6.26. The van der Waals surface area contributed by atoms with Gasteiger partial charge in [0.25, 0.3) is 5.91 Å². The zero-order chi connectivity index (χ0) is 19.8. The summed E-state index contributed by atoms with van der Waals surface area (Å²) in [5.74, 6) is 0.301. The van der Waals surface area contributed by atoms with Crippen molar-refractivity contribution in [3.63, 3.8) is 0 Å². The topological polar surface area (TPSA) is 92.1 Å². The first-order valence-electron chi connectivity index (χ1n) is 8.36. The molecule has 7 nitrogen and oxygen atoms in total. The number of rotatable bonds is 3. The SMILES string of the molecule is CC1=C(C(=O)Nc2cc(Cl)ccc2Cl)C(c2ccc(O)cc2)n2ncnc2N1. The Morgan fingerprint density at radius 1 is 1.21 bits per heavy atom. The van der Waals surface area contributed by atoms with E-state index in [9.17, 15) is 9.90 Å². The van der Waals surface area contributed by atoms with Gasteiger partial charge < -0.3 is 15.7 Å². The highest BCUT2D eigenvalue weighted by Crippen LogP contribution is 2.36. The molecular formula is C19H15Cl2N5O2. The maximum Gasteiger partial charge on any atom is 0.255 e. The van der Waals surface area contributed by atoms with E-state index in [1.165, 1.54) is 6.33 Å². The Kier molecular flexibility index (Phi) is 4.70. The molecule has 1 aromatic heterocycles. The van der Waals surface area contributed by atoms with Gasteiger partial charge in [-0.15, -0.1) is 0 Å². The highest BCUT2D eigenvalue weighted by atomic mass is 35.5. The second-order valence-corrected chi connectivity index (χ2v) is 7.11. The molecule has 2 heterocycles. The van der Waals surface area contributed by atoms with Crippen molar-refractivity contribution in [2.24, 2.45) is 0 Å². The summed E-state index contributed by atoms with van der Waals surface area (Å²) in [5.41, 5.74) is 2.26. The minimum atomic E-state index is -0.530. The van der Waals surface area contributed by atoms with Crippen molar-refractivity contribution in [2.75, 3.05) is 10.6 Å². The summed E-state index contributed by atoms with van der Waals surface area (Å²) in [6.07, 6.45) is 1.41. The van der Waals surface area contributed by atoms with Crippen LogP contribution in [0.3, 0.4) is 0 Å². The van der Waals surface area contributed by atoms with Gasteiger partial charge in [0.15, 0.2) is 0 Å². The first-order chi connectivity index (χ1) is 13.4. The molecule has 3 aromatic rings. The van der Waals surface area contributed by atoms with Crippen LogP contribution in [0.1, 0.15) is 18.5 Å². The van der Waals surface area contributed by atoms with Gasteiger partial charge in [0.05, 0.1) is 16.3 Å². The van der Waals surface area contributed by atoms with Gasteiger partial charge in [-0.25, -0.2) is 4.68 Å². The Bertz CT molecular complexity index is 1090. The third-order valence-electron chi connectivity index (χ3n) is 4.42. The van der Waals surface area contributed by atoms with Crippen LogP contribution in [-0.4, -0.2) is 25.8 Å². The van der Waals surface area contributed by atoms with Crippen LogP contribution in [0, 0.1) is 0 Å². The Balaban J connectivity index is 1.77. The van der Waals surface area contributed by atoms with E-state index in [1.807, 2.05) is 0 Å². The van der Waals surface area contributed by atoms with E-state index >= 15 is 0 Å². The Hall–Kier alpha value is -3.03. The number of fused-ring (bicyclic) bond motifs is 1. The fourth-order valence-corrected chi connectivity index (χ4v) is 3.47. The average molecular weight is 416 g/mol. The number of aromatic hydroxyl groups is 1. The molecule has 1 atom stereocenters. The molecule has 0 fully saturated rings. The van der Waals surface area contributed by atoms with Gasteiger partial charge in [0, 0.05) is 10.7 Å². The molecule has 0 radical (unpaired) electrons. The lowest BCUT2D eigenvalue weighted by Crippen LogP contribution is -2.31. The summed E-state index contributed by atoms with van der Waals surface area (Å²) in [7, 11) is 0. The molecule has 9 heteroatoms. The number of phenols is 1. The number of halogens is 2. The lowest BCUT2D eigenvalue weighted by Gasteiger charge is -2.28. The first-order valence-corrected chi connectivity index (χ1v) is 9.12. The molecule has 1 amide bonds. The van der Waals surface area contributed by atoms with E-state index < -0.39 is 6.04 Å². The lowest BCUT2D eigenvalue weighted by molar-refractivity contribution is -0.113. The van der Waals surface area contributed by atoms with E-state index in [-0.39, 0.29) is 11.7 Å². The van der Waals surface area contributed by atoms with Gasteiger partial charge in [-0.3, -0.25) is 4.79 Å². The van der Waals surface area contributed by atoms with Crippen molar-refractivity contribution < 1.29 is 9.90 Å². The third-order valence-corrected chi connectivity index (χ3v) is 4.99. The van der Waals surface area contributed by atoms with Gasteiger partial charge in [-0.2, -0.15) is 10.1 Å². The molecule has 0 saturated heterocycles. The Labute approximate surface area is 170 Å². The fraction of sp³-hybridized carbons (Fsp3) is 0.105. The molecule has 0 bridgehead atoms. The molecule has 28 heavy (non-hydrogen) atoms. The molecule has 1 aliphatic rings. The monoisotopic (exact) mass is 415 g/mol. The van der Waals surface area contributed by atoms with Gasteiger partial charge in [-0.1, -0.05) is 35.3 Å². The number of amides is 1. The number of carbonyl (C=O) groups is 1. The number of nitrogens with zero attached hydrogens (tertiary/aromatic N) is 3. The molecule has 4 rings (SSSR count). The smallest absolute Gasteiger partial charge is 0.255 e. The molecule has 0 aliphatic carbocycles. The van der Waals surface area contributed by atoms with E-state index in [2.05, 4.69) is 20.7 Å². The van der Waals surface area contributed by atoms with E-state index in [0.717, 1.165) is 5.56 Å². The largest absolute Gasteiger partial charge is 0.508 e. The minimum Gasteiger partial charge on any atom is -0.508 e. The maximum atomic E-state index is 13.2. The third kappa shape index (κ3) is 3.30. The molecule has 1 aliphatic heterocycles. The molecule has 3 N–H and O–H groups in total. The van der Waals surface area contributed by atoms with Crippen molar-refractivity contribution >= 4 is 40.7 Å². The van der Waals surface area contributed by atoms with Crippen molar-refractivity contribution in [1.29, 1.82) is 0 Å². The van der Waals surface area contributed by atoms with E-state index in [4.69, 9.17) is 23.2 Å². The number of hydrogen-bond acceptors (Lipinski definition) is 5. The van der Waals surface area contributed by atoms with Crippen molar-refractivity contribution in [2.45, 2.75) is 13.0 Å². The van der Waals surface area contributed by atoms with Gasteiger partial charge in [0.1, 0.15) is 18.1 Å². The van der Waals surface area contributed by atoms with Gasteiger partial charge >= 0.3 is 0 Å². The van der Waals surface area contributed by atoms with Crippen LogP contribution in [0.2, 0.25) is 10.0 Å². The number of benzene rings is 2. The van der Waals surface area contributed by atoms with Crippen LogP contribution in [0.25, 0.3) is 0 Å². The van der Waals surface area contributed by atoms with Crippen LogP contribution in [0.5, 0.6) is 5.75 Å². The molecule has 2 aromatic carbocycles. The quantitative estimate of drug-likeness (QED) is 0.595. The summed E-state index contributed by atoms with van der Waals surface area (Å²) >= 11 is 12.2. The van der Waals surface area contributed by atoms with Gasteiger partial charge in [0.2, 0.25) is 5.95 Å². The highest BCUT2D eigenvalue weighted by Gasteiger charge is 2.33. The highest BCUT2D eigenvalue weighted by molar-refractivity contribution is 6.35. The number of anilines is 2. The van der Waals surface area contributed by atoms with Crippen molar-refractivity contribution in [1.82, 2.24) is 14.8 Å². The number of nitrogens with one attached hydrogen (secondary N) is 2. The molecular weight excluding hydrogens is 401 g/mol. The minimum absolute atomic E-state index is 0.133. The van der Waals surface area contributed by atoms with E-state index in [1.54, 1.807) is 54.1 Å². The number of allylic oxidation sites excluding steroid dienone is 1.